The number of hydrogen-bond donors (Lipinski definition) is 1. The highest BCUT2D eigenvalue weighted by molar-refractivity contribution is 5.48. The molecule has 0 bridgehead atoms. The molecule has 0 fully saturated rings. The second kappa shape index (κ2) is 7.05. The smallest absolute Gasteiger partial charge is 0.158 e. The molecule has 7 heteroatoms. The monoisotopic (exact) mass is 246 g/mol. The Hall–Kier alpha value is -2.38. The minimum atomic E-state index is 0.0675. The van der Waals surface area contributed by atoms with E-state index in [0.717, 1.165) is 0 Å². The summed E-state index contributed by atoms with van der Waals surface area (Å²) in [5.41, 5.74) is 5.66. The van der Waals surface area contributed by atoms with Gasteiger partial charge in [-0.05, 0) is 6.92 Å². The summed E-state index contributed by atoms with van der Waals surface area (Å²) in [4.78, 5) is 9.76. The van der Waals surface area contributed by atoms with Crippen molar-refractivity contribution in [1.82, 2.24) is 9.97 Å². The summed E-state index contributed by atoms with van der Waals surface area (Å²) in [6.07, 6.45) is 0. The van der Waals surface area contributed by atoms with Crippen LogP contribution < -0.4 is 10.6 Å². The van der Waals surface area contributed by atoms with Gasteiger partial charge in [0.1, 0.15) is 31.3 Å². The summed E-state index contributed by atoms with van der Waals surface area (Å²) in [5, 5.41) is 17.4. The second-order valence-corrected chi connectivity index (χ2v) is 3.38. The fraction of sp³-hybridized carbons (Fsp3) is 0.455. The van der Waals surface area contributed by atoms with Crippen molar-refractivity contribution in [1.29, 1.82) is 10.5 Å². The molecule has 94 valence electrons. The lowest BCUT2D eigenvalue weighted by Crippen LogP contribution is -2.25. The van der Waals surface area contributed by atoms with E-state index in [0.29, 0.717) is 18.2 Å². The van der Waals surface area contributed by atoms with Crippen molar-refractivity contribution in [3.8, 4) is 12.1 Å². The highest BCUT2D eigenvalue weighted by Crippen LogP contribution is 2.14. The van der Waals surface area contributed by atoms with Gasteiger partial charge in [-0.3, -0.25) is 0 Å². The Morgan fingerprint density at radius 1 is 1.33 bits per heavy atom. The minimum absolute atomic E-state index is 0.0675. The fourth-order valence-electron chi connectivity index (χ4n) is 1.31. The summed E-state index contributed by atoms with van der Waals surface area (Å²) in [6, 6.07) is 5.48. The van der Waals surface area contributed by atoms with Crippen LogP contribution in [0.2, 0.25) is 0 Å². The van der Waals surface area contributed by atoms with Crippen LogP contribution in [-0.2, 0) is 11.3 Å². The summed E-state index contributed by atoms with van der Waals surface area (Å²) < 4.78 is 5.20. The van der Waals surface area contributed by atoms with E-state index in [2.05, 4.69) is 9.97 Å². The van der Waals surface area contributed by atoms with E-state index in [1.165, 1.54) is 11.0 Å². The molecule has 0 atom stereocenters. The Morgan fingerprint density at radius 3 is 2.56 bits per heavy atom. The summed E-state index contributed by atoms with van der Waals surface area (Å²) in [6.45, 7) is 2.80. The van der Waals surface area contributed by atoms with E-state index < -0.39 is 0 Å². The third kappa shape index (κ3) is 3.89. The van der Waals surface area contributed by atoms with Crippen molar-refractivity contribution in [2.75, 3.05) is 30.3 Å². The maximum atomic E-state index is 8.70. The van der Waals surface area contributed by atoms with Crippen molar-refractivity contribution in [3.05, 3.63) is 11.9 Å². The lowest BCUT2D eigenvalue weighted by molar-refractivity contribution is 0.128. The number of nitrogens with two attached hydrogens (primary N) is 1. The molecule has 0 radical (unpaired) electrons. The number of nitrogen functional groups attached to an aromatic ring is 1. The molecule has 0 aromatic carbocycles. The van der Waals surface area contributed by atoms with Crippen LogP contribution in [0.15, 0.2) is 6.07 Å². The molecule has 1 heterocycles. The molecule has 18 heavy (non-hydrogen) atoms. The normalized spacial score (nSPS) is 9.50. The van der Waals surface area contributed by atoms with Gasteiger partial charge in [0.05, 0.1) is 12.1 Å². The van der Waals surface area contributed by atoms with E-state index in [9.17, 15) is 0 Å². The fourth-order valence-corrected chi connectivity index (χ4v) is 1.31. The van der Waals surface area contributed by atoms with Crippen LogP contribution in [-0.4, -0.2) is 29.7 Å². The lowest BCUT2D eigenvalue weighted by Gasteiger charge is -2.17. The molecule has 2 N–H and O–H groups in total. The third-order valence-corrected chi connectivity index (χ3v) is 2.06. The van der Waals surface area contributed by atoms with Crippen molar-refractivity contribution in [2.45, 2.75) is 13.5 Å². The number of ether oxygens (including phenoxy) is 1. The first-order valence-corrected chi connectivity index (χ1v) is 5.41. The summed E-state index contributed by atoms with van der Waals surface area (Å²) in [7, 11) is 0. The Morgan fingerprint density at radius 2 is 2.00 bits per heavy atom. The first-order valence-electron chi connectivity index (χ1n) is 5.41. The van der Waals surface area contributed by atoms with Gasteiger partial charge in [0.2, 0.25) is 0 Å². The molecule has 0 saturated heterocycles. The topological polar surface area (TPSA) is 112 Å². The van der Waals surface area contributed by atoms with E-state index in [-0.39, 0.29) is 25.5 Å². The van der Waals surface area contributed by atoms with Gasteiger partial charge in [-0.2, -0.15) is 10.5 Å². The Labute approximate surface area is 105 Å². The first-order chi connectivity index (χ1) is 8.71. The maximum Gasteiger partial charge on any atom is 0.158 e. The lowest BCUT2D eigenvalue weighted by atomic mass is 10.4. The Bertz CT molecular complexity index is 459. The van der Waals surface area contributed by atoms with Crippen LogP contribution in [0.4, 0.5) is 11.6 Å². The molecule has 1 rings (SSSR count). The maximum absolute atomic E-state index is 8.70. The summed E-state index contributed by atoms with van der Waals surface area (Å²) >= 11 is 0. The molecule has 0 unspecified atom stereocenters. The van der Waals surface area contributed by atoms with Crippen LogP contribution in [0.3, 0.4) is 0 Å². The van der Waals surface area contributed by atoms with Gasteiger partial charge in [0.15, 0.2) is 5.82 Å². The van der Waals surface area contributed by atoms with Crippen molar-refractivity contribution in [2.24, 2.45) is 0 Å². The molecule has 1 aromatic rings. The zero-order valence-corrected chi connectivity index (χ0v) is 10.1. The van der Waals surface area contributed by atoms with Crippen LogP contribution in [0, 0.1) is 22.7 Å². The van der Waals surface area contributed by atoms with Crippen LogP contribution in [0.25, 0.3) is 0 Å². The second-order valence-electron chi connectivity index (χ2n) is 3.38. The largest absolute Gasteiger partial charge is 0.384 e. The predicted octanol–water partition coefficient (Wildman–Crippen LogP) is 0.449. The van der Waals surface area contributed by atoms with Crippen LogP contribution in [0.5, 0.6) is 0 Å². The van der Waals surface area contributed by atoms with Gasteiger partial charge in [0, 0.05) is 12.7 Å². The van der Waals surface area contributed by atoms with Crippen molar-refractivity contribution >= 4 is 11.6 Å². The number of aromatic nitrogens is 2. The molecular formula is C11H14N6O. The molecular weight excluding hydrogens is 232 g/mol. The quantitative estimate of drug-likeness (QED) is 0.725. The molecule has 1 aromatic heterocycles. The third-order valence-electron chi connectivity index (χ3n) is 2.06. The SMILES string of the molecule is CCOCc1nc(N)cc(N(CC#N)CC#N)n1. The highest BCUT2D eigenvalue weighted by atomic mass is 16.5. The predicted molar refractivity (Wildman–Crippen MR) is 65.2 cm³/mol. The molecule has 0 amide bonds. The average Bonchev–Trinajstić information content (AvgIpc) is 2.35. The van der Waals surface area contributed by atoms with Gasteiger partial charge in [-0.25, -0.2) is 9.97 Å². The van der Waals surface area contributed by atoms with Crippen molar-refractivity contribution < 1.29 is 4.74 Å². The Kier molecular flexibility index (Phi) is 5.36. The van der Waals surface area contributed by atoms with Gasteiger partial charge in [-0.1, -0.05) is 0 Å². The molecule has 7 nitrogen and oxygen atoms in total. The molecule has 0 aliphatic heterocycles. The van der Waals surface area contributed by atoms with E-state index in [1.807, 2.05) is 19.1 Å². The number of nitriles is 2. The number of anilines is 2. The zero-order chi connectivity index (χ0) is 13.4. The number of nitrogens with zero attached hydrogens (tertiary/aromatic N) is 5. The summed E-state index contributed by atoms with van der Waals surface area (Å²) in [5.74, 6) is 1.18. The molecule has 0 saturated carbocycles. The van der Waals surface area contributed by atoms with Gasteiger partial charge >= 0.3 is 0 Å². The average molecular weight is 246 g/mol. The number of rotatable bonds is 6. The van der Waals surface area contributed by atoms with E-state index in [1.54, 1.807) is 0 Å². The van der Waals surface area contributed by atoms with Crippen LogP contribution >= 0.6 is 0 Å². The highest BCUT2D eigenvalue weighted by Gasteiger charge is 2.10. The molecule has 0 spiro atoms. The van der Waals surface area contributed by atoms with Gasteiger partial charge in [0.25, 0.3) is 0 Å². The molecule has 0 aliphatic carbocycles. The first kappa shape index (κ1) is 13.7. The zero-order valence-electron chi connectivity index (χ0n) is 10.1. The molecule has 0 aliphatic rings. The van der Waals surface area contributed by atoms with Gasteiger partial charge < -0.3 is 15.4 Å². The van der Waals surface area contributed by atoms with Crippen molar-refractivity contribution in [3.63, 3.8) is 0 Å². The number of hydrogen-bond acceptors (Lipinski definition) is 7. The van der Waals surface area contributed by atoms with Gasteiger partial charge in [-0.15, -0.1) is 0 Å². The van der Waals surface area contributed by atoms with Crippen LogP contribution in [0.1, 0.15) is 12.7 Å². The van der Waals surface area contributed by atoms with E-state index in [4.69, 9.17) is 21.0 Å². The minimum Gasteiger partial charge on any atom is -0.384 e. The Balaban J connectivity index is 2.96. The van der Waals surface area contributed by atoms with E-state index >= 15 is 0 Å². The standard InChI is InChI=1S/C11H14N6O/c1-2-18-8-10-15-9(14)7-11(16-10)17(5-3-12)6-4-13/h7H,2,5-6,8H2,1H3,(H2,14,15,16).